The first-order chi connectivity index (χ1) is 12.7. The number of ether oxygens (including phenoxy) is 2. The Morgan fingerprint density at radius 2 is 1.96 bits per heavy atom. The summed E-state index contributed by atoms with van der Waals surface area (Å²) in [6.45, 7) is 0.199. The molecule has 2 heterocycles. The average Bonchev–Trinajstić information content (AvgIpc) is 2.67. The number of nitrogens with zero attached hydrogens (tertiary/aromatic N) is 2. The van der Waals surface area contributed by atoms with E-state index in [1.807, 2.05) is 12.1 Å². The number of methoxy groups -OCH3 is 1. The normalized spacial score (nSPS) is 10.2. The molecule has 3 rings (SSSR count). The summed E-state index contributed by atoms with van der Waals surface area (Å²) in [5.74, 6) is 1.11. The minimum atomic E-state index is -0.359. The summed E-state index contributed by atoms with van der Waals surface area (Å²) in [6.07, 6.45) is 4.13. The van der Waals surface area contributed by atoms with Gasteiger partial charge in [-0.2, -0.15) is 4.73 Å². The van der Waals surface area contributed by atoms with Gasteiger partial charge < -0.3 is 20.0 Å². The number of hydrogen-bond acceptors (Lipinski definition) is 5. The summed E-state index contributed by atoms with van der Waals surface area (Å²) in [7, 11) is 1.56. The summed E-state index contributed by atoms with van der Waals surface area (Å²) in [5, 5.41) is 14.0. The minimum Gasteiger partial charge on any atom is -0.619 e. The molecule has 0 aliphatic carbocycles. The fourth-order valence-electron chi connectivity index (χ4n) is 2.32. The molecule has 0 radical (unpaired) electrons. The number of para-hydroxylation sites is 2. The Balaban J connectivity index is 1.74. The van der Waals surface area contributed by atoms with Gasteiger partial charge in [-0.1, -0.05) is 18.2 Å². The van der Waals surface area contributed by atoms with Crippen LogP contribution in [0.25, 0.3) is 0 Å². The van der Waals surface area contributed by atoms with E-state index in [-0.39, 0.29) is 18.0 Å². The van der Waals surface area contributed by atoms with Crippen LogP contribution in [-0.4, -0.2) is 18.0 Å². The van der Waals surface area contributed by atoms with Crippen molar-refractivity contribution in [2.24, 2.45) is 0 Å². The van der Waals surface area contributed by atoms with E-state index in [1.54, 1.807) is 43.6 Å². The quantitative estimate of drug-likeness (QED) is 0.544. The molecular weight excluding hydrogens is 334 g/mol. The van der Waals surface area contributed by atoms with Gasteiger partial charge in [0.1, 0.15) is 5.56 Å². The van der Waals surface area contributed by atoms with Crippen molar-refractivity contribution in [3.63, 3.8) is 0 Å². The first-order valence-electron chi connectivity index (χ1n) is 7.89. The predicted octanol–water partition coefficient (Wildman–Crippen LogP) is 2.45. The molecule has 0 atom stereocenters. The smallest absolute Gasteiger partial charge is 0.257 e. The summed E-state index contributed by atoms with van der Waals surface area (Å²) in [5.41, 5.74) is 0.969. The third-order valence-electron chi connectivity index (χ3n) is 3.60. The van der Waals surface area contributed by atoms with Gasteiger partial charge in [0.2, 0.25) is 5.88 Å². The molecule has 2 aromatic heterocycles. The van der Waals surface area contributed by atoms with E-state index < -0.39 is 0 Å². The maximum absolute atomic E-state index is 12.2. The number of carbonyl (C=O) groups is 1. The number of nitrogens with one attached hydrogen (secondary N) is 1. The zero-order chi connectivity index (χ0) is 18.4. The number of carbonyl (C=O) groups excluding carboxylic acids is 1. The second-order valence-electron chi connectivity index (χ2n) is 5.36. The number of hydrogen-bond donors (Lipinski definition) is 1. The first kappa shape index (κ1) is 17.2. The molecule has 0 saturated heterocycles. The van der Waals surface area contributed by atoms with Crippen molar-refractivity contribution < 1.29 is 19.0 Å². The Bertz CT molecular complexity index is 915. The van der Waals surface area contributed by atoms with Crippen LogP contribution >= 0.6 is 0 Å². The molecule has 7 nitrogen and oxygen atoms in total. The van der Waals surface area contributed by atoms with Gasteiger partial charge in [-0.3, -0.25) is 4.79 Å². The molecule has 1 N–H and O–H groups in total. The molecule has 0 saturated carbocycles. The maximum Gasteiger partial charge on any atom is 0.257 e. The molecule has 1 amide bonds. The van der Waals surface area contributed by atoms with E-state index in [0.29, 0.717) is 27.7 Å². The fraction of sp³-hybridized carbons (Fsp3) is 0.105. The lowest BCUT2D eigenvalue weighted by Gasteiger charge is -2.12. The van der Waals surface area contributed by atoms with Crippen molar-refractivity contribution in [2.75, 3.05) is 7.11 Å². The van der Waals surface area contributed by atoms with Gasteiger partial charge in [0, 0.05) is 24.4 Å². The summed E-state index contributed by atoms with van der Waals surface area (Å²) < 4.78 is 11.7. The van der Waals surface area contributed by atoms with Gasteiger partial charge in [-0.05, 0) is 24.3 Å². The van der Waals surface area contributed by atoms with Crippen LogP contribution in [0.3, 0.4) is 0 Å². The molecule has 0 fully saturated rings. The molecule has 0 spiro atoms. The molecule has 132 valence electrons. The largest absolute Gasteiger partial charge is 0.619 e. The standard InChI is InChI=1S/C19H17N3O4/c1-25-16-8-2-3-9-17(16)26-19-14(6-4-10-20-19)12-21-18(23)15-7-5-11-22(24)13-15/h2-11,13H,12H2,1H3,(H,21,23). The highest BCUT2D eigenvalue weighted by molar-refractivity contribution is 5.93. The van der Waals surface area contributed by atoms with Crippen molar-refractivity contribution >= 4 is 5.91 Å². The lowest BCUT2D eigenvalue weighted by molar-refractivity contribution is -0.605. The summed E-state index contributed by atoms with van der Waals surface area (Å²) >= 11 is 0. The van der Waals surface area contributed by atoms with Crippen LogP contribution in [0.2, 0.25) is 0 Å². The minimum absolute atomic E-state index is 0.199. The van der Waals surface area contributed by atoms with Crippen LogP contribution < -0.4 is 19.5 Å². The lowest BCUT2D eigenvalue weighted by atomic mass is 10.2. The van der Waals surface area contributed by atoms with Gasteiger partial charge in [0.15, 0.2) is 23.9 Å². The molecule has 7 heteroatoms. The molecule has 0 aliphatic rings. The third kappa shape index (κ3) is 4.07. The Labute approximate surface area is 150 Å². The maximum atomic E-state index is 12.2. The van der Waals surface area contributed by atoms with E-state index >= 15 is 0 Å². The van der Waals surface area contributed by atoms with Crippen molar-refractivity contribution in [2.45, 2.75) is 6.54 Å². The van der Waals surface area contributed by atoms with Crippen molar-refractivity contribution in [1.29, 1.82) is 0 Å². The van der Waals surface area contributed by atoms with Crippen LogP contribution in [-0.2, 0) is 6.54 Å². The molecular formula is C19H17N3O4. The van der Waals surface area contributed by atoms with E-state index in [0.717, 1.165) is 0 Å². The van der Waals surface area contributed by atoms with Gasteiger partial charge in [-0.15, -0.1) is 0 Å². The van der Waals surface area contributed by atoms with E-state index in [2.05, 4.69) is 10.3 Å². The third-order valence-corrected chi connectivity index (χ3v) is 3.60. The Kier molecular flexibility index (Phi) is 5.28. The molecule has 1 aromatic carbocycles. The monoisotopic (exact) mass is 351 g/mol. The van der Waals surface area contributed by atoms with Crippen LogP contribution in [0.5, 0.6) is 17.4 Å². The van der Waals surface area contributed by atoms with Gasteiger partial charge in [-0.25, -0.2) is 4.98 Å². The number of benzene rings is 1. The molecule has 0 unspecified atom stereocenters. The Hall–Kier alpha value is -3.61. The van der Waals surface area contributed by atoms with Crippen LogP contribution in [0.4, 0.5) is 0 Å². The number of amides is 1. The highest BCUT2D eigenvalue weighted by atomic mass is 16.5. The topological polar surface area (TPSA) is 87.4 Å². The van der Waals surface area contributed by atoms with Gasteiger partial charge >= 0.3 is 0 Å². The van der Waals surface area contributed by atoms with Crippen molar-refractivity contribution in [3.05, 3.63) is 83.5 Å². The van der Waals surface area contributed by atoms with Crippen molar-refractivity contribution in [1.82, 2.24) is 10.3 Å². The molecule has 26 heavy (non-hydrogen) atoms. The second kappa shape index (κ2) is 7.98. The summed E-state index contributed by atoms with van der Waals surface area (Å²) in [4.78, 5) is 16.4. The van der Waals surface area contributed by atoms with Gasteiger partial charge in [0.05, 0.1) is 7.11 Å². The van der Waals surface area contributed by atoms with Crippen LogP contribution in [0.1, 0.15) is 15.9 Å². The first-order valence-corrected chi connectivity index (χ1v) is 7.89. The number of aromatic nitrogens is 2. The summed E-state index contributed by atoms with van der Waals surface area (Å²) in [6, 6.07) is 13.9. The number of pyridine rings is 2. The average molecular weight is 351 g/mol. The molecule has 0 aliphatic heterocycles. The van der Waals surface area contributed by atoms with Crippen LogP contribution in [0, 0.1) is 5.21 Å². The Morgan fingerprint density at radius 1 is 1.15 bits per heavy atom. The molecule has 0 bridgehead atoms. The van der Waals surface area contributed by atoms with E-state index in [9.17, 15) is 10.0 Å². The zero-order valence-electron chi connectivity index (χ0n) is 14.1. The predicted molar refractivity (Wildman–Crippen MR) is 93.9 cm³/mol. The SMILES string of the molecule is COc1ccccc1Oc1ncccc1CNC(=O)c1ccc[n+]([O-])c1. The van der Waals surface area contributed by atoms with E-state index in [4.69, 9.17) is 9.47 Å². The van der Waals surface area contributed by atoms with Crippen LogP contribution in [0.15, 0.2) is 67.1 Å². The highest BCUT2D eigenvalue weighted by Gasteiger charge is 2.12. The second-order valence-corrected chi connectivity index (χ2v) is 5.36. The zero-order valence-corrected chi connectivity index (χ0v) is 14.1. The van der Waals surface area contributed by atoms with Gasteiger partial charge in [0.25, 0.3) is 5.91 Å². The highest BCUT2D eigenvalue weighted by Crippen LogP contribution is 2.31. The number of rotatable bonds is 6. The van der Waals surface area contributed by atoms with E-state index in [1.165, 1.54) is 18.5 Å². The lowest BCUT2D eigenvalue weighted by Crippen LogP contribution is -2.29. The Morgan fingerprint density at radius 3 is 2.73 bits per heavy atom. The fourth-order valence-corrected chi connectivity index (χ4v) is 2.32. The molecule has 3 aromatic rings. The van der Waals surface area contributed by atoms with Crippen molar-refractivity contribution in [3.8, 4) is 17.4 Å².